The van der Waals surface area contributed by atoms with Gasteiger partial charge in [-0.2, -0.15) is 0 Å². The van der Waals surface area contributed by atoms with Crippen LogP contribution in [0.3, 0.4) is 0 Å². The van der Waals surface area contributed by atoms with E-state index in [0.717, 1.165) is 23.6 Å². The first-order chi connectivity index (χ1) is 13.2. The summed E-state index contributed by atoms with van der Waals surface area (Å²) in [7, 11) is 0. The molecule has 1 fully saturated rings. The number of hydrogen-bond acceptors (Lipinski definition) is 3. The van der Waals surface area contributed by atoms with Crippen molar-refractivity contribution in [3.05, 3.63) is 72.4 Å². The largest absolute Gasteiger partial charge is 0.338 e. The number of aromatic nitrogens is 1. The molecular weight excluding hydrogens is 338 g/mol. The topological polar surface area (TPSA) is 62.3 Å². The zero-order valence-electron chi connectivity index (χ0n) is 15.0. The molecule has 1 aromatic heterocycles. The lowest BCUT2D eigenvalue weighted by Crippen LogP contribution is -2.43. The summed E-state index contributed by atoms with van der Waals surface area (Å²) in [5, 5.41) is 4.85. The number of carbonyl (C=O) groups excluding carboxylic acids is 2. The second-order valence-electron chi connectivity index (χ2n) is 6.82. The zero-order valence-corrected chi connectivity index (χ0v) is 15.0. The van der Waals surface area contributed by atoms with E-state index in [0.29, 0.717) is 24.5 Å². The summed E-state index contributed by atoms with van der Waals surface area (Å²) in [6, 6.07) is 19.1. The summed E-state index contributed by atoms with van der Waals surface area (Å²) >= 11 is 0. The third kappa shape index (κ3) is 3.67. The second kappa shape index (κ2) is 7.58. The number of nitrogens with zero attached hydrogens (tertiary/aromatic N) is 2. The third-order valence-corrected chi connectivity index (χ3v) is 5.02. The minimum Gasteiger partial charge on any atom is -0.338 e. The van der Waals surface area contributed by atoms with Gasteiger partial charge in [-0.3, -0.25) is 9.59 Å². The van der Waals surface area contributed by atoms with Crippen LogP contribution in [0.1, 0.15) is 23.2 Å². The van der Waals surface area contributed by atoms with Gasteiger partial charge in [0, 0.05) is 24.8 Å². The maximum atomic E-state index is 13.1. The molecule has 0 aliphatic carbocycles. The maximum absolute atomic E-state index is 13.1. The molecule has 0 radical (unpaired) electrons. The highest BCUT2D eigenvalue weighted by atomic mass is 16.2. The van der Waals surface area contributed by atoms with E-state index in [9.17, 15) is 9.59 Å². The van der Waals surface area contributed by atoms with E-state index >= 15 is 0 Å². The molecule has 136 valence electrons. The van der Waals surface area contributed by atoms with Crippen LogP contribution in [0.25, 0.3) is 10.8 Å². The average molecular weight is 359 g/mol. The molecule has 5 heteroatoms. The van der Waals surface area contributed by atoms with Gasteiger partial charge in [0.1, 0.15) is 5.82 Å². The smallest absolute Gasteiger partial charge is 0.254 e. The predicted molar refractivity (Wildman–Crippen MR) is 105 cm³/mol. The van der Waals surface area contributed by atoms with Crippen LogP contribution in [-0.4, -0.2) is 34.8 Å². The van der Waals surface area contributed by atoms with Gasteiger partial charge in [0.2, 0.25) is 5.91 Å². The van der Waals surface area contributed by atoms with E-state index in [4.69, 9.17) is 0 Å². The molecule has 3 aromatic rings. The van der Waals surface area contributed by atoms with E-state index in [1.165, 1.54) is 0 Å². The molecule has 0 bridgehead atoms. The number of hydrogen-bond donors (Lipinski definition) is 1. The number of carbonyl (C=O) groups is 2. The van der Waals surface area contributed by atoms with Gasteiger partial charge < -0.3 is 10.2 Å². The van der Waals surface area contributed by atoms with Gasteiger partial charge >= 0.3 is 0 Å². The Labute approximate surface area is 158 Å². The van der Waals surface area contributed by atoms with Crippen LogP contribution in [0, 0.1) is 5.92 Å². The summed E-state index contributed by atoms with van der Waals surface area (Å²) in [6.07, 6.45) is 3.24. The molecule has 1 N–H and O–H groups in total. The number of pyridine rings is 1. The standard InChI is InChI=1S/C22H21N3O2/c26-21(24-20-12-3-4-13-23-20)17-9-6-14-25(15-17)22(27)19-11-5-8-16-7-1-2-10-18(16)19/h1-5,7-8,10-13,17H,6,9,14-15H2,(H,23,24,26). The number of anilines is 1. The summed E-state index contributed by atoms with van der Waals surface area (Å²) < 4.78 is 0. The Morgan fingerprint density at radius 2 is 1.81 bits per heavy atom. The van der Waals surface area contributed by atoms with Gasteiger partial charge in [-0.1, -0.05) is 42.5 Å². The van der Waals surface area contributed by atoms with Crippen LogP contribution in [0.5, 0.6) is 0 Å². The Hall–Kier alpha value is -3.21. The van der Waals surface area contributed by atoms with E-state index < -0.39 is 0 Å². The van der Waals surface area contributed by atoms with Crippen molar-refractivity contribution in [2.45, 2.75) is 12.8 Å². The number of nitrogens with one attached hydrogen (secondary N) is 1. The Kier molecular flexibility index (Phi) is 4.83. The van der Waals surface area contributed by atoms with Gasteiger partial charge in [-0.05, 0) is 41.8 Å². The quantitative estimate of drug-likeness (QED) is 0.775. The fourth-order valence-electron chi connectivity index (χ4n) is 3.62. The molecule has 1 unspecified atom stereocenters. The Balaban J connectivity index is 1.50. The van der Waals surface area contributed by atoms with Gasteiger partial charge in [0.25, 0.3) is 5.91 Å². The van der Waals surface area contributed by atoms with E-state index in [-0.39, 0.29) is 17.7 Å². The van der Waals surface area contributed by atoms with Crippen LogP contribution in [0.2, 0.25) is 0 Å². The number of fused-ring (bicyclic) bond motifs is 1. The van der Waals surface area contributed by atoms with Crippen LogP contribution >= 0.6 is 0 Å². The molecule has 4 rings (SSSR count). The van der Waals surface area contributed by atoms with E-state index in [1.54, 1.807) is 23.2 Å². The van der Waals surface area contributed by atoms with Crippen LogP contribution in [0.15, 0.2) is 66.9 Å². The van der Waals surface area contributed by atoms with Gasteiger partial charge in [-0.15, -0.1) is 0 Å². The van der Waals surface area contributed by atoms with Crippen molar-refractivity contribution in [3.63, 3.8) is 0 Å². The second-order valence-corrected chi connectivity index (χ2v) is 6.82. The van der Waals surface area contributed by atoms with Gasteiger partial charge in [0.05, 0.1) is 5.92 Å². The molecule has 0 saturated carbocycles. The van der Waals surface area contributed by atoms with Crippen molar-refractivity contribution in [1.82, 2.24) is 9.88 Å². The molecule has 1 saturated heterocycles. The first-order valence-electron chi connectivity index (χ1n) is 9.21. The van der Waals surface area contributed by atoms with Gasteiger partial charge in [0.15, 0.2) is 0 Å². The fourth-order valence-corrected chi connectivity index (χ4v) is 3.62. The monoisotopic (exact) mass is 359 g/mol. The lowest BCUT2D eigenvalue weighted by atomic mass is 9.95. The molecule has 2 heterocycles. The first kappa shape index (κ1) is 17.2. The molecule has 27 heavy (non-hydrogen) atoms. The van der Waals surface area contributed by atoms with E-state index in [2.05, 4.69) is 10.3 Å². The third-order valence-electron chi connectivity index (χ3n) is 5.02. The fraction of sp³-hybridized carbons (Fsp3) is 0.227. The molecule has 1 atom stereocenters. The normalized spacial score (nSPS) is 16.9. The minimum absolute atomic E-state index is 0.0119. The van der Waals surface area contributed by atoms with Crippen molar-refractivity contribution in [2.24, 2.45) is 5.92 Å². The molecule has 5 nitrogen and oxygen atoms in total. The number of benzene rings is 2. The van der Waals surface area contributed by atoms with Crippen LogP contribution in [0.4, 0.5) is 5.82 Å². The number of likely N-dealkylation sites (tertiary alicyclic amines) is 1. The molecule has 1 aliphatic rings. The highest BCUT2D eigenvalue weighted by Gasteiger charge is 2.29. The molecular formula is C22H21N3O2. The molecule has 2 aromatic carbocycles. The van der Waals surface area contributed by atoms with Crippen molar-refractivity contribution in [1.29, 1.82) is 0 Å². The Bertz CT molecular complexity index is 966. The first-order valence-corrected chi connectivity index (χ1v) is 9.21. The van der Waals surface area contributed by atoms with Gasteiger partial charge in [-0.25, -0.2) is 4.98 Å². The Morgan fingerprint density at radius 3 is 2.67 bits per heavy atom. The van der Waals surface area contributed by atoms with Crippen molar-refractivity contribution >= 4 is 28.4 Å². The number of amides is 2. The van der Waals surface area contributed by atoms with Crippen molar-refractivity contribution in [2.75, 3.05) is 18.4 Å². The zero-order chi connectivity index (χ0) is 18.6. The minimum atomic E-state index is -0.223. The Morgan fingerprint density at radius 1 is 1.00 bits per heavy atom. The molecule has 2 amide bonds. The lowest BCUT2D eigenvalue weighted by Gasteiger charge is -2.32. The summed E-state index contributed by atoms with van der Waals surface area (Å²) in [4.78, 5) is 31.7. The number of rotatable bonds is 3. The summed E-state index contributed by atoms with van der Waals surface area (Å²) in [6.45, 7) is 1.11. The van der Waals surface area contributed by atoms with Crippen molar-refractivity contribution in [3.8, 4) is 0 Å². The predicted octanol–water partition coefficient (Wildman–Crippen LogP) is 3.73. The summed E-state index contributed by atoms with van der Waals surface area (Å²) in [5.41, 5.74) is 0.693. The highest BCUT2D eigenvalue weighted by Crippen LogP contribution is 2.24. The lowest BCUT2D eigenvalue weighted by molar-refractivity contribution is -0.121. The number of piperidine rings is 1. The maximum Gasteiger partial charge on any atom is 0.254 e. The summed E-state index contributed by atoms with van der Waals surface area (Å²) in [5.74, 6) is 0.228. The van der Waals surface area contributed by atoms with Crippen molar-refractivity contribution < 1.29 is 9.59 Å². The average Bonchev–Trinajstić information content (AvgIpc) is 2.73. The SMILES string of the molecule is O=C(Nc1ccccn1)C1CCCN(C(=O)c2cccc3ccccc23)C1. The molecule has 1 aliphatic heterocycles. The van der Waals surface area contributed by atoms with Crippen LogP contribution < -0.4 is 5.32 Å². The van der Waals surface area contributed by atoms with E-state index in [1.807, 2.05) is 48.5 Å². The molecule has 0 spiro atoms. The highest BCUT2D eigenvalue weighted by molar-refractivity contribution is 6.07. The van der Waals surface area contributed by atoms with Crippen LogP contribution in [-0.2, 0) is 4.79 Å².